The average molecular weight is 192 g/mol. The highest BCUT2D eigenvalue weighted by Gasteiger charge is 2.38. The van der Waals surface area contributed by atoms with E-state index in [1.54, 1.807) is 0 Å². The van der Waals surface area contributed by atoms with Gasteiger partial charge >= 0.3 is 0 Å². The molecule has 0 spiro atoms. The summed E-state index contributed by atoms with van der Waals surface area (Å²) in [5, 5.41) is 0. The van der Waals surface area contributed by atoms with Gasteiger partial charge in [-0.2, -0.15) is 0 Å². The Balaban J connectivity index is 1.88. The zero-order valence-corrected chi connectivity index (χ0v) is 9.92. The summed E-state index contributed by atoms with van der Waals surface area (Å²) < 4.78 is 0. The van der Waals surface area contributed by atoms with Crippen molar-refractivity contribution in [1.29, 1.82) is 0 Å². The molecule has 0 radical (unpaired) electrons. The van der Waals surface area contributed by atoms with Gasteiger partial charge in [-0.3, -0.25) is 0 Å². The molecule has 0 heterocycles. The van der Waals surface area contributed by atoms with Crippen LogP contribution >= 0.6 is 0 Å². The first-order valence-electron chi connectivity index (χ1n) is 6.34. The van der Waals surface area contributed by atoms with Crippen LogP contribution in [0.2, 0.25) is 0 Å². The highest BCUT2D eigenvalue weighted by atomic mass is 14.4. The van der Waals surface area contributed by atoms with E-state index in [0.717, 1.165) is 17.8 Å². The van der Waals surface area contributed by atoms with E-state index in [2.05, 4.69) is 32.9 Å². The van der Waals surface area contributed by atoms with Crippen molar-refractivity contribution in [2.45, 2.75) is 52.9 Å². The highest BCUT2D eigenvalue weighted by molar-refractivity contribution is 5.09. The van der Waals surface area contributed by atoms with Gasteiger partial charge in [0, 0.05) is 0 Å². The van der Waals surface area contributed by atoms with E-state index >= 15 is 0 Å². The molecule has 0 aromatic carbocycles. The Morgan fingerprint density at radius 2 is 1.93 bits per heavy atom. The molecule has 0 aromatic rings. The zero-order chi connectivity index (χ0) is 10.2. The van der Waals surface area contributed by atoms with E-state index in [9.17, 15) is 0 Å². The fourth-order valence-corrected chi connectivity index (χ4v) is 3.18. The van der Waals surface area contributed by atoms with Crippen LogP contribution in [-0.2, 0) is 0 Å². The SMILES string of the molecule is CCC1(C=CC2CCC2C)CC(C)C1. The quantitative estimate of drug-likeness (QED) is 0.581. The lowest BCUT2D eigenvalue weighted by Gasteiger charge is -2.45. The summed E-state index contributed by atoms with van der Waals surface area (Å²) in [6.45, 7) is 7.12. The van der Waals surface area contributed by atoms with E-state index in [-0.39, 0.29) is 0 Å². The first-order chi connectivity index (χ1) is 6.65. The van der Waals surface area contributed by atoms with E-state index in [1.807, 2.05) is 0 Å². The highest BCUT2D eigenvalue weighted by Crippen LogP contribution is 2.49. The maximum absolute atomic E-state index is 2.56. The standard InChI is InChI=1S/C14H24/c1-4-14(9-11(2)10-14)8-7-13-6-5-12(13)3/h7-8,11-13H,4-6,9-10H2,1-3H3. The molecule has 0 aromatic heterocycles. The van der Waals surface area contributed by atoms with Crippen molar-refractivity contribution < 1.29 is 0 Å². The van der Waals surface area contributed by atoms with E-state index < -0.39 is 0 Å². The molecule has 0 heteroatoms. The molecule has 80 valence electrons. The Bertz CT molecular complexity index is 220. The third-order valence-corrected chi connectivity index (χ3v) is 4.60. The van der Waals surface area contributed by atoms with Gasteiger partial charge in [0.1, 0.15) is 0 Å². The van der Waals surface area contributed by atoms with Crippen molar-refractivity contribution in [1.82, 2.24) is 0 Å². The second-order valence-electron chi connectivity index (χ2n) is 5.81. The van der Waals surface area contributed by atoms with Gasteiger partial charge in [0.05, 0.1) is 0 Å². The normalized spacial score (nSPS) is 47.5. The second-order valence-corrected chi connectivity index (χ2v) is 5.81. The lowest BCUT2D eigenvalue weighted by atomic mass is 9.60. The molecule has 0 bridgehead atoms. The maximum Gasteiger partial charge on any atom is -0.0116 e. The van der Waals surface area contributed by atoms with E-state index in [1.165, 1.54) is 32.1 Å². The number of rotatable bonds is 3. The summed E-state index contributed by atoms with van der Waals surface area (Å²) in [6, 6.07) is 0. The topological polar surface area (TPSA) is 0 Å². The summed E-state index contributed by atoms with van der Waals surface area (Å²) >= 11 is 0. The smallest absolute Gasteiger partial charge is 0.0116 e. The molecule has 2 rings (SSSR count). The van der Waals surface area contributed by atoms with Gasteiger partial charge < -0.3 is 0 Å². The zero-order valence-electron chi connectivity index (χ0n) is 9.92. The molecule has 2 aliphatic rings. The Morgan fingerprint density at radius 3 is 2.29 bits per heavy atom. The third-order valence-electron chi connectivity index (χ3n) is 4.60. The Morgan fingerprint density at radius 1 is 1.21 bits per heavy atom. The van der Waals surface area contributed by atoms with Crippen LogP contribution in [0.3, 0.4) is 0 Å². The van der Waals surface area contributed by atoms with Gasteiger partial charge in [-0.05, 0) is 55.3 Å². The summed E-state index contributed by atoms with van der Waals surface area (Å²) in [5.74, 6) is 2.84. The first kappa shape index (κ1) is 10.3. The van der Waals surface area contributed by atoms with Crippen LogP contribution in [0, 0.1) is 23.2 Å². The van der Waals surface area contributed by atoms with Crippen LogP contribution in [0.4, 0.5) is 0 Å². The largest absolute Gasteiger partial charge is 0.0846 e. The molecule has 0 amide bonds. The number of allylic oxidation sites excluding steroid dienone is 2. The monoisotopic (exact) mass is 192 g/mol. The molecule has 2 atom stereocenters. The van der Waals surface area contributed by atoms with Crippen molar-refractivity contribution in [3.05, 3.63) is 12.2 Å². The fraction of sp³-hybridized carbons (Fsp3) is 0.857. The molecule has 0 nitrogen and oxygen atoms in total. The van der Waals surface area contributed by atoms with Crippen molar-refractivity contribution >= 4 is 0 Å². The van der Waals surface area contributed by atoms with Crippen molar-refractivity contribution in [3.8, 4) is 0 Å². The predicted molar refractivity (Wildman–Crippen MR) is 62.2 cm³/mol. The summed E-state index contributed by atoms with van der Waals surface area (Å²) in [4.78, 5) is 0. The van der Waals surface area contributed by atoms with Crippen LogP contribution in [0.1, 0.15) is 52.9 Å². The summed E-state index contributed by atoms with van der Waals surface area (Å²) in [6.07, 6.45) is 12.2. The molecule has 14 heavy (non-hydrogen) atoms. The molecule has 0 N–H and O–H groups in total. The van der Waals surface area contributed by atoms with Crippen LogP contribution in [0.15, 0.2) is 12.2 Å². The molecule has 2 saturated carbocycles. The minimum absolute atomic E-state index is 0.606. The molecule has 2 fully saturated rings. The van der Waals surface area contributed by atoms with Crippen LogP contribution in [-0.4, -0.2) is 0 Å². The van der Waals surface area contributed by atoms with Gasteiger partial charge in [0.15, 0.2) is 0 Å². The molecule has 0 aliphatic heterocycles. The van der Waals surface area contributed by atoms with E-state index in [4.69, 9.17) is 0 Å². The first-order valence-corrected chi connectivity index (χ1v) is 6.34. The van der Waals surface area contributed by atoms with Crippen LogP contribution in [0.5, 0.6) is 0 Å². The van der Waals surface area contributed by atoms with Gasteiger partial charge in [0.2, 0.25) is 0 Å². The van der Waals surface area contributed by atoms with Gasteiger partial charge in [0.25, 0.3) is 0 Å². The molecule has 2 aliphatic carbocycles. The molecular weight excluding hydrogens is 168 g/mol. The van der Waals surface area contributed by atoms with Crippen LogP contribution < -0.4 is 0 Å². The average Bonchev–Trinajstić information content (AvgIpc) is 2.12. The number of hydrogen-bond donors (Lipinski definition) is 0. The molecule has 0 saturated heterocycles. The Labute approximate surface area is 88.8 Å². The lowest BCUT2D eigenvalue weighted by molar-refractivity contribution is 0.115. The van der Waals surface area contributed by atoms with Gasteiger partial charge in [-0.25, -0.2) is 0 Å². The molecular formula is C14H24. The van der Waals surface area contributed by atoms with Crippen molar-refractivity contribution in [2.24, 2.45) is 23.2 Å². The van der Waals surface area contributed by atoms with E-state index in [0.29, 0.717) is 5.41 Å². The minimum Gasteiger partial charge on any atom is -0.0846 e. The molecule has 2 unspecified atom stereocenters. The maximum atomic E-state index is 2.56. The summed E-state index contributed by atoms with van der Waals surface area (Å²) in [5.41, 5.74) is 0.606. The lowest BCUT2D eigenvalue weighted by Crippen LogP contribution is -2.33. The third kappa shape index (κ3) is 1.76. The van der Waals surface area contributed by atoms with Gasteiger partial charge in [-0.15, -0.1) is 0 Å². The summed E-state index contributed by atoms with van der Waals surface area (Å²) in [7, 11) is 0. The second kappa shape index (κ2) is 3.72. The Hall–Kier alpha value is -0.260. The predicted octanol–water partition coefficient (Wildman–Crippen LogP) is 4.42. The van der Waals surface area contributed by atoms with Gasteiger partial charge in [-0.1, -0.05) is 32.9 Å². The van der Waals surface area contributed by atoms with Crippen molar-refractivity contribution in [2.75, 3.05) is 0 Å². The number of hydrogen-bond acceptors (Lipinski definition) is 0. The van der Waals surface area contributed by atoms with Crippen LogP contribution in [0.25, 0.3) is 0 Å². The Kier molecular flexibility index (Phi) is 2.72. The minimum atomic E-state index is 0.606. The van der Waals surface area contributed by atoms with Crippen molar-refractivity contribution in [3.63, 3.8) is 0 Å². The fourth-order valence-electron chi connectivity index (χ4n) is 3.18.